The third-order valence-corrected chi connectivity index (χ3v) is 7.13. The van der Waals surface area contributed by atoms with E-state index >= 15 is 0 Å². The van der Waals surface area contributed by atoms with E-state index in [2.05, 4.69) is 49.6 Å². The number of hydrogen-bond acceptors (Lipinski definition) is 5. The van der Waals surface area contributed by atoms with Crippen LogP contribution in [0.25, 0.3) is 33.5 Å². The molecule has 0 bridgehead atoms. The van der Waals surface area contributed by atoms with Crippen LogP contribution in [-0.4, -0.2) is 60.5 Å². The predicted octanol–water partition coefficient (Wildman–Crippen LogP) is 4.61. The average Bonchev–Trinajstić information content (AvgIpc) is 3.46. The van der Waals surface area contributed by atoms with Crippen LogP contribution >= 0.6 is 0 Å². The van der Waals surface area contributed by atoms with Gasteiger partial charge in [0.05, 0.1) is 48.4 Å². The first-order chi connectivity index (χ1) is 17.7. The minimum absolute atomic E-state index is 0.0107. The molecule has 1 fully saturated rings. The van der Waals surface area contributed by atoms with Crippen molar-refractivity contribution in [3.05, 3.63) is 54.1 Å². The molecule has 6 rings (SSSR count). The number of nitrogens with zero attached hydrogens (tertiary/aromatic N) is 5. The number of fused-ring (bicyclic) bond motifs is 2. The summed E-state index contributed by atoms with van der Waals surface area (Å²) < 4.78 is 7.76. The van der Waals surface area contributed by atoms with Gasteiger partial charge in [0.2, 0.25) is 0 Å². The maximum atomic E-state index is 12.9. The zero-order chi connectivity index (χ0) is 25.7. The molecule has 4 heterocycles. The number of amides is 2. The van der Waals surface area contributed by atoms with E-state index in [4.69, 9.17) is 4.74 Å². The molecule has 1 aliphatic heterocycles. The summed E-state index contributed by atoms with van der Waals surface area (Å²) >= 11 is 0. The highest BCUT2D eigenvalue weighted by molar-refractivity contribution is 5.94. The molecule has 192 valence electrons. The first-order valence-electron chi connectivity index (χ1n) is 12.9. The number of aromatic nitrogens is 5. The molecule has 3 aromatic heterocycles. The van der Waals surface area contributed by atoms with Crippen LogP contribution in [0.3, 0.4) is 0 Å². The molecule has 9 heteroatoms. The smallest absolute Gasteiger partial charge is 0.318 e. The van der Waals surface area contributed by atoms with E-state index in [0.717, 1.165) is 52.8 Å². The van der Waals surface area contributed by atoms with Crippen LogP contribution in [0.4, 0.5) is 4.79 Å². The van der Waals surface area contributed by atoms with Gasteiger partial charge >= 0.3 is 6.03 Å². The van der Waals surface area contributed by atoms with Crippen molar-refractivity contribution >= 4 is 17.1 Å². The van der Waals surface area contributed by atoms with E-state index in [1.54, 1.807) is 11.0 Å². The number of likely N-dealkylation sites (tertiary alicyclic amines) is 1. The summed E-state index contributed by atoms with van der Waals surface area (Å²) in [5.74, 6) is 0. The van der Waals surface area contributed by atoms with E-state index in [1.807, 2.05) is 45.1 Å². The highest BCUT2D eigenvalue weighted by Gasteiger charge is 2.35. The Morgan fingerprint density at radius 1 is 1.16 bits per heavy atom. The van der Waals surface area contributed by atoms with E-state index < -0.39 is 0 Å². The number of aryl methyl sites for hydroxylation is 2. The van der Waals surface area contributed by atoms with Crippen LogP contribution in [0.2, 0.25) is 0 Å². The highest BCUT2D eigenvalue weighted by atomic mass is 16.5. The van der Waals surface area contributed by atoms with Crippen LogP contribution in [0.5, 0.6) is 0 Å². The minimum Gasteiger partial charge on any atom is -0.369 e. The second-order valence-corrected chi connectivity index (χ2v) is 11.1. The molecule has 1 aliphatic carbocycles. The fourth-order valence-corrected chi connectivity index (χ4v) is 5.42. The summed E-state index contributed by atoms with van der Waals surface area (Å²) in [5.41, 5.74) is 7.00. The number of aromatic amines is 1. The average molecular weight is 500 g/mol. The predicted molar refractivity (Wildman–Crippen MR) is 142 cm³/mol. The third-order valence-electron chi connectivity index (χ3n) is 7.13. The lowest BCUT2D eigenvalue weighted by atomic mass is 9.86. The first-order valence-corrected chi connectivity index (χ1v) is 12.9. The second kappa shape index (κ2) is 8.99. The standard InChI is InChI=1S/C28H33N7O2/c1-28(2,3)37-20-14-35(15-20)27(36)33-23-7-5-6-17-10-18(8-9-21(17)23)25-22-11-24(19-12-31-34(4)13-19)32-26(22)30-16-29-25/h8-13,16,20,23H,5-7,14-15H2,1-4H3,(H,33,36)(H,29,30,32). The summed E-state index contributed by atoms with van der Waals surface area (Å²) in [6.45, 7) is 7.42. The lowest BCUT2D eigenvalue weighted by Gasteiger charge is -2.42. The van der Waals surface area contributed by atoms with E-state index in [1.165, 1.54) is 11.1 Å². The second-order valence-electron chi connectivity index (χ2n) is 11.1. The molecule has 1 saturated heterocycles. The van der Waals surface area contributed by atoms with Crippen molar-refractivity contribution < 1.29 is 9.53 Å². The van der Waals surface area contributed by atoms with Gasteiger partial charge in [0.15, 0.2) is 0 Å². The Labute approximate surface area is 216 Å². The number of ether oxygens (including phenoxy) is 1. The monoisotopic (exact) mass is 499 g/mol. The Morgan fingerprint density at radius 3 is 2.76 bits per heavy atom. The molecule has 1 unspecified atom stereocenters. The summed E-state index contributed by atoms with van der Waals surface area (Å²) in [5, 5.41) is 8.52. The van der Waals surface area contributed by atoms with Crippen LogP contribution in [0, 0.1) is 0 Å². The van der Waals surface area contributed by atoms with Gasteiger partial charge in [0.25, 0.3) is 0 Å². The van der Waals surface area contributed by atoms with Gasteiger partial charge in [0.1, 0.15) is 12.0 Å². The normalized spacial score (nSPS) is 18.1. The molecule has 0 spiro atoms. The summed E-state index contributed by atoms with van der Waals surface area (Å²) in [6.07, 6.45) is 8.50. The maximum absolute atomic E-state index is 12.9. The van der Waals surface area contributed by atoms with Gasteiger partial charge in [-0.25, -0.2) is 14.8 Å². The van der Waals surface area contributed by atoms with Crippen molar-refractivity contribution in [2.45, 2.75) is 57.8 Å². The molecule has 0 radical (unpaired) electrons. The summed E-state index contributed by atoms with van der Waals surface area (Å²) in [7, 11) is 1.90. The number of urea groups is 1. The Bertz CT molecular complexity index is 1460. The van der Waals surface area contributed by atoms with Gasteiger partial charge in [-0.05, 0) is 63.3 Å². The van der Waals surface area contributed by atoms with Crippen molar-refractivity contribution in [3.63, 3.8) is 0 Å². The molecule has 1 aromatic carbocycles. The molecule has 2 amide bonds. The van der Waals surface area contributed by atoms with Gasteiger partial charge in [-0.15, -0.1) is 0 Å². The molecule has 37 heavy (non-hydrogen) atoms. The lowest BCUT2D eigenvalue weighted by molar-refractivity contribution is -0.111. The molecule has 9 nitrogen and oxygen atoms in total. The summed E-state index contributed by atoms with van der Waals surface area (Å²) in [6, 6.07) is 8.58. The lowest BCUT2D eigenvalue weighted by Crippen LogP contribution is -2.59. The molecule has 1 atom stereocenters. The Kier molecular flexibility index (Phi) is 5.75. The minimum atomic E-state index is -0.191. The molecule has 2 aliphatic rings. The number of benzene rings is 1. The van der Waals surface area contributed by atoms with Crippen LogP contribution in [0.15, 0.2) is 43.0 Å². The van der Waals surface area contributed by atoms with Crippen LogP contribution in [-0.2, 0) is 18.2 Å². The molecule has 4 aromatic rings. The molecular weight excluding hydrogens is 466 g/mol. The van der Waals surface area contributed by atoms with Gasteiger partial charge in [-0.2, -0.15) is 5.10 Å². The molecule has 0 saturated carbocycles. The maximum Gasteiger partial charge on any atom is 0.318 e. The van der Waals surface area contributed by atoms with Gasteiger partial charge in [0, 0.05) is 29.8 Å². The topological polar surface area (TPSA) is 101 Å². The van der Waals surface area contributed by atoms with Crippen molar-refractivity contribution in [2.24, 2.45) is 7.05 Å². The number of rotatable bonds is 4. The third kappa shape index (κ3) is 4.71. The highest BCUT2D eigenvalue weighted by Crippen LogP contribution is 2.35. The van der Waals surface area contributed by atoms with E-state index in [0.29, 0.717) is 13.1 Å². The SMILES string of the molecule is Cn1cc(-c2cc3c(-c4ccc5c(c4)CCCC5NC(=O)N4CC(OC(C)(C)C)C4)ncnc3[nH]2)cn1. The fraction of sp³-hybridized carbons (Fsp3) is 0.429. The quantitative estimate of drug-likeness (QED) is 0.427. The van der Waals surface area contributed by atoms with Crippen molar-refractivity contribution in [1.82, 2.24) is 34.9 Å². The first kappa shape index (κ1) is 23.7. The van der Waals surface area contributed by atoms with Crippen molar-refractivity contribution in [1.29, 1.82) is 0 Å². The van der Waals surface area contributed by atoms with Gasteiger partial charge in [-0.1, -0.05) is 12.1 Å². The van der Waals surface area contributed by atoms with E-state index in [-0.39, 0.29) is 23.8 Å². The number of carbonyl (C=O) groups is 1. The number of H-pyrrole nitrogens is 1. The summed E-state index contributed by atoms with van der Waals surface area (Å²) in [4.78, 5) is 27.2. The Morgan fingerprint density at radius 2 is 2.00 bits per heavy atom. The van der Waals surface area contributed by atoms with Crippen molar-refractivity contribution in [3.8, 4) is 22.5 Å². The van der Waals surface area contributed by atoms with Crippen molar-refractivity contribution in [2.75, 3.05) is 13.1 Å². The number of carbonyl (C=O) groups excluding carboxylic acids is 1. The molecular formula is C28H33N7O2. The zero-order valence-corrected chi connectivity index (χ0v) is 21.8. The largest absolute Gasteiger partial charge is 0.369 e. The zero-order valence-electron chi connectivity index (χ0n) is 21.8. The van der Waals surface area contributed by atoms with Crippen LogP contribution < -0.4 is 5.32 Å². The van der Waals surface area contributed by atoms with Crippen LogP contribution in [0.1, 0.15) is 50.8 Å². The van der Waals surface area contributed by atoms with Gasteiger partial charge < -0.3 is 19.9 Å². The van der Waals surface area contributed by atoms with E-state index in [9.17, 15) is 4.79 Å². The fourth-order valence-electron chi connectivity index (χ4n) is 5.42. The number of hydrogen-bond donors (Lipinski definition) is 2. The molecule has 2 N–H and O–H groups in total. The Hall–Kier alpha value is -3.72. The number of nitrogens with one attached hydrogen (secondary N) is 2. The Balaban J connectivity index is 1.21. The van der Waals surface area contributed by atoms with Gasteiger partial charge in [-0.3, -0.25) is 4.68 Å².